The minimum Gasteiger partial charge on any atom is -0.341 e. The number of nitrogens with zero attached hydrogens (tertiary/aromatic N) is 1. The van der Waals surface area contributed by atoms with Gasteiger partial charge in [0, 0.05) is 19.6 Å². The van der Waals surface area contributed by atoms with Crippen molar-refractivity contribution in [2.45, 2.75) is 45.2 Å². The molecule has 2 heterocycles. The maximum atomic E-state index is 12.6. The summed E-state index contributed by atoms with van der Waals surface area (Å²) < 4.78 is 0. The summed E-state index contributed by atoms with van der Waals surface area (Å²) in [6.07, 6.45) is 4.43. The van der Waals surface area contributed by atoms with Gasteiger partial charge in [0.2, 0.25) is 5.91 Å². The van der Waals surface area contributed by atoms with Crippen LogP contribution in [-0.2, 0) is 17.8 Å². The largest absolute Gasteiger partial charge is 0.341 e. The Labute approximate surface area is 121 Å². The minimum absolute atomic E-state index is 0.0249. The van der Waals surface area contributed by atoms with E-state index in [1.807, 2.05) is 0 Å². The lowest BCUT2D eigenvalue weighted by atomic mass is 9.92. The summed E-state index contributed by atoms with van der Waals surface area (Å²) in [5.74, 6) is 1.12. The number of hydrogen-bond acceptors (Lipinski definition) is 2. The molecule has 1 atom stereocenters. The molecule has 0 bridgehead atoms. The molecule has 1 fully saturated rings. The molecule has 3 nitrogen and oxygen atoms in total. The van der Waals surface area contributed by atoms with E-state index in [1.165, 1.54) is 30.4 Å². The summed E-state index contributed by atoms with van der Waals surface area (Å²) in [6.45, 7) is 4.95. The van der Waals surface area contributed by atoms with Crippen LogP contribution >= 0.6 is 0 Å². The molecule has 1 aromatic rings. The molecule has 0 radical (unpaired) electrons. The van der Waals surface area contributed by atoms with Crippen molar-refractivity contribution in [1.29, 1.82) is 0 Å². The molecule has 0 unspecified atom stereocenters. The zero-order valence-electron chi connectivity index (χ0n) is 12.3. The molecule has 2 aliphatic rings. The second-order valence-corrected chi connectivity index (χ2v) is 6.08. The summed E-state index contributed by atoms with van der Waals surface area (Å²) in [6, 6.07) is 8.41. The SMILES string of the molecule is CCC1CCN(C(=O)[C@@H]2Cc3ccccc3CN2)CC1. The highest BCUT2D eigenvalue weighted by molar-refractivity contribution is 5.82. The van der Waals surface area contributed by atoms with Gasteiger partial charge in [-0.05, 0) is 36.3 Å². The van der Waals surface area contributed by atoms with Crippen LogP contribution in [-0.4, -0.2) is 29.9 Å². The van der Waals surface area contributed by atoms with E-state index in [4.69, 9.17) is 0 Å². The van der Waals surface area contributed by atoms with Gasteiger partial charge in [0.1, 0.15) is 0 Å². The normalized spacial score (nSPS) is 23.4. The predicted octanol–water partition coefficient (Wildman–Crippen LogP) is 2.35. The number of fused-ring (bicyclic) bond motifs is 1. The van der Waals surface area contributed by atoms with Crippen molar-refractivity contribution in [3.05, 3.63) is 35.4 Å². The highest BCUT2D eigenvalue weighted by Gasteiger charge is 2.29. The molecular formula is C17H24N2O. The quantitative estimate of drug-likeness (QED) is 0.896. The van der Waals surface area contributed by atoms with Gasteiger partial charge in [0.25, 0.3) is 0 Å². The van der Waals surface area contributed by atoms with Crippen LogP contribution in [0.2, 0.25) is 0 Å². The van der Waals surface area contributed by atoms with Crippen molar-refractivity contribution in [3.63, 3.8) is 0 Å². The average molecular weight is 272 g/mol. The van der Waals surface area contributed by atoms with Crippen molar-refractivity contribution in [1.82, 2.24) is 10.2 Å². The number of rotatable bonds is 2. The van der Waals surface area contributed by atoms with Gasteiger partial charge < -0.3 is 10.2 Å². The molecule has 108 valence electrons. The number of piperidine rings is 1. The molecule has 1 amide bonds. The number of likely N-dealkylation sites (tertiary alicyclic amines) is 1. The summed E-state index contributed by atoms with van der Waals surface area (Å²) in [5, 5.41) is 3.41. The van der Waals surface area contributed by atoms with Gasteiger partial charge in [-0.25, -0.2) is 0 Å². The van der Waals surface area contributed by atoms with Crippen molar-refractivity contribution < 1.29 is 4.79 Å². The minimum atomic E-state index is -0.0249. The van der Waals surface area contributed by atoms with Crippen LogP contribution in [0.1, 0.15) is 37.3 Å². The molecule has 1 saturated heterocycles. The fraction of sp³-hybridized carbons (Fsp3) is 0.588. The third kappa shape index (κ3) is 2.73. The van der Waals surface area contributed by atoms with Crippen molar-refractivity contribution in [2.24, 2.45) is 5.92 Å². The highest BCUT2D eigenvalue weighted by atomic mass is 16.2. The van der Waals surface area contributed by atoms with Gasteiger partial charge in [-0.1, -0.05) is 37.6 Å². The lowest BCUT2D eigenvalue weighted by molar-refractivity contribution is -0.135. The fourth-order valence-electron chi connectivity index (χ4n) is 3.41. The molecule has 0 aliphatic carbocycles. The third-order valence-electron chi connectivity index (χ3n) is 4.88. The Morgan fingerprint density at radius 3 is 2.65 bits per heavy atom. The Balaban J connectivity index is 1.62. The van der Waals surface area contributed by atoms with Gasteiger partial charge in [-0.3, -0.25) is 4.79 Å². The Hall–Kier alpha value is -1.35. The molecule has 1 N–H and O–H groups in total. The smallest absolute Gasteiger partial charge is 0.240 e. The first-order chi connectivity index (χ1) is 9.78. The molecule has 0 spiro atoms. The third-order valence-corrected chi connectivity index (χ3v) is 4.88. The average Bonchev–Trinajstić information content (AvgIpc) is 2.54. The van der Waals surface area contributed by atoms with Gasteiger partial charge in [0.05, 0.1) is 6.04 Å². The van der Waals surface area contributed by atoms with Crippen LogP contribution in [0.5, 0.6) is 0 Å². The lowest BCUT2D eigenvalue weighted by Gasteiger charge is -2.35. The zero-order valence-corrected chi connectivity index (χ0v) is 12.3. The van der Waals surface area contributed by atoms with Crippen LogP contribution in [0.3, 0.4) is 0 Å². The van der Waals surface area contributed by atoms with E-state index in [9.17, 15) is 4.79 Å². The van der Waals surface area contributed by atoms with Crippen LogP contribution in [0.25, 0.3) is 0 Å². The van der Waals surface area contributed by atoms with Crippen molar-refractivity contribution >= 4 is 5.91 Å². The van der Waals surface area contributed by atoms with E-state index in [1.54, 1.807) is 0 Å². The molecule has 2 aliphatic heterocycles. The van der Waals surface area contributed by atoms with Gasteiger partial charge >= 0.3 is 0 Å². The molecule has 3 heteroatoms. The number of carbonyl (C=O) groups excluding carboxylic acids is 1. The topological polar surface area (TPSA) is 32.3 Å². The zero-order chi connectivity index (χ0) is 13.9. The van der Waals surface area contributed by atoms with Crippen LogP contribution < -0.4 is 5.32 Å². The van der Waals surface area contributed by atoms with Crippen molar-refractivity contribution in [3.8, 4) is 0 Å². The number of amides is 1. The van der Waals surface area contributed by atoms with Gasteiger partial charge in [-0.2, -0.15) is 0 Å². The first-order valence-corrected chi connectivity index (χ1v) is 7.87. The highest BCUT2D eigenvalue weighted by Crippen LogP contribution is 2.22. The maximum Gasteiger partial charge on any atom is 0.240 e. The van der Waals surface area contributed by atoms with Gasteiger partial charge in [-0.15, -0.1) is 0 Å². The maximum absolute atomic E-state index is 12.6. The first kappa shape index (κ1) is 13.6. The number of carbonyl (C=O) groups is 1. The predicted molar refractivity (Wildman–Crippen MR) is 80.4 cm³/mol. The molecular weight excluding hydrogens is 248 g/mol. The Kier molecular flexibility index (Phi) is 4.06. The Bertz CT molecular complexity index is 478. The van der Waals surface area contributed by atoms with E-state index in [0.29, 0.717) is 5.91 Å². The molecule has 0 aromatic heterocycles. The summed E-state index contributed by atoms with van der Waals surface area (Å²) in [7, 11) is 0. The fourth-order valence-corrected chi connectivity index (χ4v) is 3.41. The van der Waals surface area contributed by atoms with Crippen LogP contribution in [0.4, 0.5) is 0 Å². The second-order valence-electron chi connectivity index (χ2n) is 6.08. The Morgan fingerprint density at radius 1 is 1.25 bits per heavy atom. The van der Waals surface area contributed by atoms with E-state index in [2.05, 4.69) is 41.4 Å². The number of hydrogen-bond donors (Lipinski definition) is 1. The van der Waals surface area contributed by atoms with E-state index >= 15 is 0 Å². The van der Waals surface area contributed by atoms with Crippen LogP contribution in [0, 0.1) is 5.92 Å². The molecule has 0 saturated carbocycles. The van der Waals surface area contributed by atoms with E-state index in [0.717, 1.165) is 32.0 Å². The monoisotopic (exact) mass is 272 g/mol. The van der Waals surface area contributed by atoms with E-state index in [-0.39, 0.29) is 6.04 Å². The summed E-state index contributed by atoms with van der Waals surface area (Å²) >= 11 is 0. The number of benzene rings is 1. The van der Waals surface area contributed by atoms with E-state index < -0.39 is 0 Å². The molecule has 3 rings (SSSR count). The lowest BCUT2D eigenvalue weighted by Crippen LogP contribution is -2.51. The van der Waals surface area contributed by atoms with Gasteiger partial charge in [0.15, 0.2) is 0 Å². The first-order valence-electron chi connectivity index (χ1n) is 7.87. The standard InChI is InChI=1S/C17H24N2O/c1-2-13-7-9-19(10-8-13)17(20)16-11-14-5-3-4-6-15(14)12-18-16/h3-6,13,16,18H,2,7-12H2,1H3/t16-/m0/s1. The Morgan fingerprint density at radius 2 is 1.95 bits per heavy atom. The van der Waals surface area contributed by atoms with Crippen LogP contribution in [0.15, 0.2) is 24.3 Å². The molecule has 1 aromatic carbocycles. The summed E-state index contributed by atoms with van der Waals surface area (Å²) in [5.41, 5.74) is 2.66. The summed E-state index contributed by atoms with van der Waals surface area (Å²) in [4.78, 5) is 14.7. The molecule has 20 heavy (non-hydrogen) atoms. The number of nitrogens with one attached hydrogen (secondary N) is 1. The van der Waals surface area contributed by atoms with Crippen molar-refractivity contribution in [2.75, 3.05) is 13.1 Å². The second kappa shape index (κ2) is 5.96.